The van der Waals surface area contributed by atoms with Crippen molar-refractivity contribution < 1.29 is 9.47 Å². The molecule has 0 fully saturated rings. The van der Waals surface area contributed by atoms with Crippen LogP contribution in [0.1, 0.15) is 30.6 Å². The predicted molar refractivity (Wildman–Crippen MR) is 117 cm³/mol. The number of hydrogen-bond acceptors (Lipinski definition) is 5. The van der Waals surface area contributed by atoms with Gasteiger partial charge in [0.05, 0.1) is 20.2 Å². The van der Waals surface area contributed by atoms with E-state index < -0.39 is 0 Å². The van der Waals surface area contributed by atoms with Crippen molar-refractivity contribution in [3.05, 3.63) is 41.5 Å². The first-order valence-electron chi connectivity index (χ1n) is 8.82. The molecular weight excluding hydrogens is 459 g/mol. The van der Waals surface area contributed by atoms with Crippen LogP contribution in [0.25, 0.3) is 0 Å². The van der Waals surface area contributed by atoms with Crippen molar-refractivity contribution in [2.24, 2.45) is 4.99 Å². The minimum absolute atomic E-state index is 0. The number of aliphatic imine (C=N–C) groups is 1. The Morgan fingerprint density at radius 3 is 2.63 bits per heavy atom. The van der Waals surface area contributed by atoms with Gasteiger partial charge >= 0.3 is 0 Å². The molecule has 0 amide bonds. The molecule has 0 bridgehead atoms. The monoisotopic (exact) mass is 488 g/mol. The first-order valence-corrected chi connectivity index (χ1v) is 8.82. The van der Waals surface area contributed by atoms with E-state index in [4.69, 9.17) is 9.47 Å². The van der Waals surface area contributed by atoms with E-state index in [-0.39, 0.29) is 24.0 Å². The van der Waals surface area contributed by atoms with Gasteiger partial charge in [0.2, 0.25) is 0 Å². The molecule has 0 atom stereocenters. The summed E-state index contributed by atoms with van der Waals surface area (Å²) in [5.41, 5.74) is 1.11. The molecule has 0 radical (unpaired) electrons. The molecular formula is C18H29IN6O2. The van der Waals surface area contributed by atoms with E-state index in [0.29, 0.717) is 18.9 Å². The summed E-state index contributed by atoms with van der Waals surface area (Å²) in [5, 5.41) is 13.5. The molecule has 0 aliphatic carbocycles. The fraction of sp³-hybridized carbons (Fsp3) is 0.500. The molecule has 3 N–H and O–H groups in total. The Labute approximate surface area is 177 Å². The van der Waals surface area contributed by atoms with Gasteiger partial charge in [0.15, 0.2) is 11.8 Å². The first kappa shape index (κ1) is 23.2. The molecule has 0 unspecified atom stereocenters. The molecule has 1 aromatic carbocycles. The maximum absolute atomic E-state index is 5.36. The lowest BCUT2D eigenvalue weighted by molar-refractivity contribution is 0.145. The number of ether oxygens (including phenoxy) is 2. The summed E-state index contributed by atoms with van der Waals surface area (Å²) in [6, 6.07) is 7.88. The van der Waals surface area contributed by atoms with E-state index in [9.17, 15) is 0 Å². The Morgan fingerprint density at radius 1 is 1.22 bits per heavy atom. The molecule has 1 heterocycles. The Hall–Kier alpha value is -1.88. The van der Waals surface area contributed by atoms with Crippen molar-refractivity contribution in [1.82, 2.24) is 25.8 Å². The molecule has 0 saturated carbocycles. The number of rotatable bonds is 10. The van der Waals surface area contributed by atoms with Gasteiger partial charge in [-0.1, -0.05) is 12.1 Å². The summed E-state index contributed by atoms with van der Waals surface area (Å²) in [5.74, 6) is 3.06. The quantitative estimate of drug-likeness (QED) is 0.206. The number of nitrogens with zero attached hydrogens (tertiary/aromatic N) is 3. The minimum Gasteiger partial charge on any atom is -0.497 e. The zero-order chi connectivity index (χ0) is 18.6. The number of nitrogens with one attached hydrogen (secondary N) is 3. The van der Waals surface area contributed by atoms with E-state index in [0.717, 1.165) is 49.3 Å². The highest BCUT2D eigenvalue weighted by Crippen LogP contribution is 2.11. The molecule has 9 heteroatoms. The van der Waals surface area contributed by atoms with Crippen LogP contribution in [0, 0.1) is 6.92 Å². The average molecular weight is 488 g/mol. The van der Waals surface area contributed by atoms with Crippen molar-refractivity contribution in [3.63, 3.8) is 0 Å². The van der Waals surface area contributed by atoms with E-state index >= 15 is 0 Å². The molecule has 0 saturated heterocycles. The van der Waals surface area contributed by atoms with Crippen LogP contribution >= 0.6 is 24.0 Å². The summed E-state index contributed by atoms with van der Waals surface area (Å²) in [7, 11) is 1.66. The van der Waals surface area contributed by atoms with Gasteiger partial charge in [-0.05, 0) is 38.0 Å². The number of aryl methyl sites for hydroxylation is 1. The Bertz CT molecular complexity index is 675. The van der Waals surface area contributed by atoms with Crippen molar-refractivity contribution in [1.29, 1.82) is 0 Å². The fourth-order valence-corrected chi connectivity index (χ4v) is 2.23. The standard InChI is InChI=1S/C18H28N6O2.HI/c1-4-26-11-5-10-19-18(21-13-17-22-14(2)23-24-17)20-12-15-6-8-16(25-3)9-7-15;/h6-9H,4-5,10-13H2,1-3H3,(H2,19,20,21)(H,22,23,24);1H. The van der Waals surface area contributed by atoms with Gasteiger partial charge in [0, 0.05) is 19.8 Å². The lowest BCUT2D eigenvalue weighted by Gasteiger charge is -2.12. The van der Waals surface area contributed by atoms with Crippen LogP contribution in [-0.2, 0) is 17.8 Å². The number of methoxy groups -OCH3 is 1. The number of H-pyrrole nitrogens is 1. The van der Waals surface area contributed by atoms with Gasteiger partial charge in [-0.3, -0.25) is 5.10 Å². The van der Waals surface area contributed by atoms with E-state index in [2.05, 4.69) is 30.8 Å². The second-order valence-corrected chi connectivity index (χ2v) is 5.68. The van der Waals surface area contributed by atoms with Gasteiger partial charge in [-0.25, -0.2) is 9.98 Å². The second kappa shape index (κ2) is 13.3. The van der Waals surface area contributed by atoms with Crippen LogP contribution in [0.15, 0.2) is 29.3 Å². The molecule has 0 spiro atoms. The number of aromatic nitrogens is 3. The number of benzene rings is 1. The maximum atomic E-state index is 5.36. The summed E-state index contributed by atoms with van der Waals surface area (Å²) >= 11 is 0. The zero-order valence-corrected chi connectivity index (χ0v) is 18.4. The van der Waals surface area contributed by atoms with Crippen molar-refractivity contribution >= 4 is 29.9 Å². The molecule has 150 valence electrons. The van der Waals surface area contributed by atoms with Gasteiger partial charge in [-0.15, -0.1) is 24.0 Å². The van der Waals surface area contributed by atoms with Gasteiger partial charge in [-0.2, -0.15) is 5.10 Å². The highest BCUT2D eigenvalue weighted by Gasteiger charge is 2.03. The Kier molecular flexibility index (Phi) is 11.4. The number of aromatic amines is 1. The van der Waals surface area contributed by atoms with Crippen LogP contribution in [0.4, 0.5) is 0 Å². The van der Waals surface area contributed by atoms with Gasteiger partial charge in [0.1, 0.15) is 11.6 Å². The molecule has 0 aliphatic heterocycles. The first-order chi connectivity index (χ1) is 12.7. The SMILES string of the molecule is CCOCCCNC(=NCc1ccc(OC)cc1)NCc1n[nH]c(C)n1.I. The zero-order valence-electron chi connectivity index (χ0n) is 16.1. The summed E-state index contributed by atoms with van der Waals surface area (Å²) in [6.07, 6.45) is 0.914. The molecule has 2 aromatic rings. The largest absolute Gasteiger partial charge is 0.497 e. The van der Waals surface area contributed by atoms with Crippen LogP contribution in [-0.4, -0.2) is 48.0 Å². The van der Waals surface area contributed by atoms with E-state index in [1.807, 2.05) is 38.1 Å². The fourth-order valence-electron chi connectivity index (χ4n) is 2.23. The van der Waals surface area contributed by atoms with Crippen molar-refractivity contribution in [3.8, 4) is 5.75 Å². The third-order valence-corrected chi connectivity index (χ3v) is 3.60. The number of hydrogen-bond donors (Lipinski definition) is 3. The van der Waals surface area contributed by atoms with Crippen LogP contribution < -0.4 is 15.4 Å². The average Bonchev–Trinajstić information content (AvgIpc) is 3.08. The minimum atomic E-state index is 0. The topological polar surface area (TPSA) is 96.5 Å². The van der Waals surface area contributed by atoms with Crippen LogP contribution in [0.2, 0.25) is 0 Å². The Balaban J connectivity index is 0.00000364. The summed E-state index contributed by atoms with van der Waals surface area (Å²) in [4.78, 5) is 8.93. The van der Waals surface area contributed by atoms with Gasteiger partial charge < -0.3 is 20.1 Å². The normalized spacial score (nSPS) is 11.0. The van der Waals surface area contributed by atoms with Crippen molar-refractivity contribution in [2.45, 2.75) is 33.4 Å². The lowest BCUT2D eigenvalue weighted by atomic mass is 10.2. The van der Waals surface area contributed by atoms with Crippen LogP contribution in [0.3, 0.4) is 0 Å². The Morgan fingerprint density at radius 2 is 2.00 bits per heavy atom. The third kappa shape index (κ3) is 9.05. The lowest BCUT2D eigenvalue weighted by Crippen LogP contribution is -2.38. The molecule has 8 nitrogen and oxygen atoms in total. The van der Waals surface area contributed by atoms with Crippen LogP contribution in [0.5, 0.6) is 5.75 Å². The van der Waals surface area contributed by atoms with Gasteiger partial charge in [0.25, 0.3) is 0 Å². The van der Waals surface area contributed by atoms with Crippen molar-refractivity contribution in [2.75, 3.05) is 26.9 Å². The predicted octanol–water partition coefficient (Wildman–Crippen LogP) is 2.40. The van der Waals surface area contributed by atoms with E-state index in [1.165, 1.54) is 0 Å². The van der Waals surface area contributed by atoms with E-state index in [1.54, 1.807) is 7.11 Å². The summed E-state index contributed by atoms with van der Waals surface area (Å²) < 4.78 is 10.5. The maximum Gasteiger partial charge on any atom is 0.191 e. The second-order valence-electron chi connectivity index (χ2n) is 5.68. The highest BCUT2D eigenvalue weighted by molar-refractivity contribution is 14.0. The molecule has 2 rings (SSSR count). The smallest absolute Gasteiger partial charge is 0.191 e. The highest BCUT2D eigenvalue weighted by atomic mass is 127. The number of guanidine groups is 1. The summed E-state index contributed by atoms with van der Waals surface area (Å²) in [6.45, 7) is 7.19. The molecule has 27 heavy (non-hydrogen) atoms. The number of halogens is 1. The molecule has 1 aromatic heterocycles. The third-order valence-electron chi connectivity index (χ3n) is 3.60. The molecule has 0 aliphatic rings.